The minimum atomic E-state index is -4.34. The van der Waals surface area contributed by atoms with Crippen molar-refractivity contribution in [3.05, 3.63) is 24.3 Å². The summed E-state index contributed by atoms with van der Waals surface area (Å²) in [6.07, 6.45) is 2.03. The Kier molecular flexibility index (Phi) is 38.4. The molecule has 0 aromatic rings. The standard InChI is InChI=1S/C15H25NO6.2C10H21NO4S.C8H16O3.C6H11NO2/c1-6-15(4,5)13(18)21-9-10-22-14(19)16-7-8-20-12(17)11(2)3;2*1-6-9(2,3)8(12)11-10(4,5)7-16(13,14)15;1-4-8(2,3)7(10)11-6-5-9;1-5(2)6(8)9-4-3-7/h2,6-10H2,1,3-5H3,(H,16,19);2*6-7H2,1-5H3,(H,11,12)(H,13,14,15);9H,4-6H2,1-3H3;1,3-4,7H2,2H3. The maximum atomic E-state index is 11.8. The van der Waals surface area contributed by atoms with Gasteiger partial charge < -0.3 is 55.0 Å². The molecule has 0 aromatic carbocycles. The average molecular weight is 1110 g/mol. The normalized spacial score (nSPS) is 11.8. The van der Waals surface area contributed by atoms with E-state index < -0.39 is 76.5 Å². The Morgan fingerprint density at radius 3 is 1.19 bits per heavy atom. The minimum absolute atomic E-state index is 0.000325. The monoisotopic (exact) mass is 1110 g/mol. The molecular weight excluding hydrogens is 1010 g/mol. The van der Waals surface area contributed by atoms with Crippen molar-refractivity contribution in [2.45, 2.75) is 161 Å². The van der Waals surface area contributed by atoms with E-state index in [-0.39, 0.29) is 69.3 Å². The van der Waals surface area contributed by atoms with Crippen LogP contribution in [-0.4, -0.2) is 148 Å². The molecule has 0 heterocycles. The zero-order valence-electron chi connectivity index (χ0n) is 47.7. The number of hydrogen-bond donors (Lipinski definition) is 6. The second kappa shape index (κ2) is 36.3. The summed E-state index contributed by atoms with van der Waals surface area (Å²) in [5.74, 6) is -2.98. The molecule has 0 saturated carbocycles. The first-order chi connectivity index (χ1) is 33.2. The van der Waals surface area contributed by atoms with Crippen LogP contribution in [0.25, 0.3) is 0 Å². The molecular formula is C49H94N4O19S2. The highest BCUT2D eigenvalue weighted by Crippen LogP contribution is 2.24. The van der Waals surface area contributed by atoms with Crippen LogP contribution >= 0.6 is 0 Å². The number of carbonyl (C=O) groups is 7. The first kappa shape index (κ1) is 78.2. The van der Waals surface area contributed by atoms with Gasteiger partial charge in [0.1, 0.15) is 39.6 Å². The first-order valence-electron chi connectivity index (χ1n) is 24.1. The molecule has 8 N–H and O–H groups in total. The highest BCUT2D eigenvalue weighted by molar-refractivity contribution is 7.86. The van der Waals surface area contributed by atoms with Gasteiger partial charge in [0.05, 0.1) is 51.1 Å². The van der Waals surface area contributed by atoms with E-state index in [1.54, 1.807) is 62.3 Å². The minimum Gasteiger partial charge on any atom is -0.748 e. The molecule has 436 valence electrons. The van der Waals surface area contributed by atoms with Crippen LogP contribution in [0.15, 0.2) is 24.3 Å². The van der Waals surface area contributed by atoms with Gasteiger partial charge in [0, 0.05) is 27.5 Å². The molecule has 25 heteroatoms. The predicted octanol–water partition coefficient (Wildman–Crippen LogP) is 4.18. The molecule has 0 aromatic heterocycles. The highest BCUT2D eigenvalue weighted by atomic mass is 32.2. The van der Waals surface area contributed by atoms with Gasteiger partial charge in [0.2, 0.25) is 11.8 Å². The summed E-state index contributed by atoms with van der Waals surface area (Å²) in [4.78, 5) is 79.3. The summed E-state index contributed by atoms with van der Waals surface area (Å²) < 4.78 is 86.2. The largest absolute Gasteiger partial charge is 0.748 e. The third kappa shape index (κ3) is 42.6. The van der Waals surface area contributed by atoms with Crippen molar-refractivity contribution >= 4 is 62.0 Å². The Hall–Kier alpha value is -4.69. The molecule has 0 unspecified atom stereocenters. The zero-order chi connectivity index (χ0) is 59.8. The van der Waals surface area contributed by atoms with Crippen molar-refractivity contribution in [2.24, 2.45) is 21.7 Å². The highest BCUT2D eigenvalue weighted by Gasteiger charge is 2.34. The van der Waals surface area contributed by atoms with Crippen LogP contribution in [0, 0.1) is 21.7 Å². The third-order valence-electron chi connectivity index (χ3n) is 10.4. The van der Waals surface area contributed by atoms with E-state index in [0.717, 1.165) is 6.42 Å². The van der Waals surface area contributed by atoms with Crippen molar-refractivity contribution in [3.63, 3.8) is 0 Å². The maximum absolute atomic E-state index is 11.8. The number of nitrogens with one attached hydrogen (secondary N) is 3. The Bertz CT molecular complexity index is 1940. The second-order valence-corrected chi connectivity index (χ2v) is 23.7. The number of hydrogen-bond acceptors (Lipinski definition) is 18. The van der Waals surface area contributed by atoms with Crippen LogP contribution < -0.4 is 21.7 Å². The molecule has 0 saturated heterocycles. The van der Waals surface area contributed by atoms with Crippen LogP contribution in [0.2, 0.25) is 0 Å². The first-order valence-corrected chi connectivity index (χ1v) is 27.2. The molecule has 0 atom stereocenters. The van der Waals surface area contributed by atoms with E-state index in [0.29, 0.717) is 43.6 Å². The van der Waals surface area contributed by atoms with Gasteiger partial charge in [0.25, 0.3) is 10.1 Å². The summed E-state index contributed by atoms with van der Waals surface area (Å²) in [5, 5.41) is 16.0. The summed E-state index contributed by atoms with van der Waals surface area (Å²) >= 11 is 0. The third-order valence-corrected chi connectivity index (χ3v) is 12.6. The molecule has 74 heavy (non-hydrogen) atoms. The summed E-state index contributed by atoms with van der Waals surface area (Å²) in [5.41, 5.74) is 0.144. The fourth-order valence-corrected chi connectivity index (χ4v) is 6.03. The number of esters is 4. The fraction of sp³-hybridized carbons (Fsp3) is 0.776. The number of amides is 3. The lowest BCUT2D eigenvalue weighted by atomic mass is 9.88. The molecule has 0 aliphatic rings. The molecule has 0 bridgehead atoms. The van der Waals surface area contributed by atoms with Gasteiger partial charge in [-0.15, -0.1) is 0 Å². The van der Waals surface area contributed by atoms with Crippen molar-refractivity contribution < 1.29 is 94.0 Å². The van der Waals surface area contributed by atoms with Gasteiger partial charge in [-0.3, -0.25) is 23.7 Å². The van der Waals surface area contributed by atoms with Crippen LogP contribution in [0.4, 0.5) is 4.79 Å². The van der Waals surface area contributed by atoms with Crippen molar-refractivity contribution in [1.82, 2.24) is 16.0 Å². The lowest BCUT2D eigenvalue weighted by Crippen LogP contribution is -2.52. The molecule has 3 amide bonds. The Labute approximate surface area is 442 Å². The number of carbonyl (C=O) groups excluding carboxylic acids is 7. The Morgan fingerprint density at radius 1 is 0.541 bits per heavy atom. The molecule has 23 nitrogen and oxygen atoms in total. The fourth-order valence-electron chi connectivity index (χ4n) is 4.09. The van der Waals surface area contributed by atoms with Crippen molar-refractivity contribution in [2.75, 3.05) is 64.2 Å². The van der Waals surface area contributed by atoms with E-state index in [2.05, 4.69) is 39.6 Å². The van der Waals surface area contributed by atoms with E-state index in [9.17, 15) is 55.0 Å². The second-order valence-electron chi connectivity index (χ2n) is 20.8. The van der Waals surface area contributed by atoms with E-state index in [1.807, 2.05) is 41.5 Å². The number of ether oxygens (including phenoxy) is 5. The van der Waals surface area contributed by atoms with Gasteiger partial charge in [0.15, 0.2) is 0 Å². The van der Waals surface area contributed by atoms with Crippen LogP contribution in [0.3, 0.4) is 0 Å². The van der Waals surface area contributed by atoms with Gasteiger partial charge in [-0.2, -0.15) is 8.42 Å². The predicted molar refractivity (Wildman–Crippen MR) is 279 cm³/mol. The quantitative estimate of drug-likeness (QED) is 0.0232. The maximum Gasteiger partial charge on any atom is 0.407 e. The Morgan fingerprint density at radius 2 is 0.878 bits per heavy atom. The number of aliphatic hydroxyl groups is 1. The molecule has 0 fully saturated rings. The van der Waals surface area contributed by atoms with Gasteiger partial charge >= 0.3 is 30.0 Å². The number of aliphatic hydroxyl groups excluding tert-OH is 1. The molecule has 0 radical (unpaired) electrons. The smallest absolute Gasteiger partial charge is 0.407 e. The summed E-state index contributed by atoms with van der Waals surface area (Å²) in [7, 11) is -8.44. The summed E-state index contributed by atoms with van der Waals surface area (Å²) in [6, 6.07) is 0. The Balaban J connectivity index is -0.000000277. The van der Waals surface area contributed by atoms with Gasteiger partial charge in [-0.1, -0.05) is 68.5 Å². The van der Waals surface area contributed by atoms with Crippen LogP contribution in [-0.2, 0) is 72.7 Å². The number of alkyl carbamates (subject to hydrolysis) is 1. The van der Waals surface area contributed by atoms with E-state index in [1.165, 1.54) is 20.8 Å². The molecule has 0 aliphatic heterocycles. The van der Waals surface area contributed by atoms with Crippen molar-refractivity contribution in [3.8, 4) is 0 Å². The van der Waals surface area contributed by atoms with Crippen LogP contribution in [0.1, 0.15) is 150 Å². The van der Waals surface area contributed by atoms with E-state index in [4.69, 9.17) is 28.6 Å². The number of rotatable bonds is 26. The molecule has 0 spiro atoms. The van der Waals surface area contributed by atoms with Crippen LogP contribution in [0.5, 0.6) is 0 Å². The lowest BCUT2D eigenvalue weighted by molar-refractivity contribution is -0.372. The average Bonchev–Trinajstić information content (AvgIpc) is 3.25. The number of quaternary nitrogens is 1. The van der Waals surface area contributed by atoms with E-state index >= 15 is 0 Å². The van der Waals surface area contributed by atoms with Gasteiger partial charge in [-0.05, 0) is 94.9 Å². The summed E-state index contributed by atoms with van der Waals surface area (Å²) in [6.45, 7) is 39.2. The zero-order valence-corrected chi connectivity index (χ0v) is 49.3. The topological polar surface area (TPSA) is 361 Å². The molecule has 0 rings (SSSR count). The van der Waals surface area contributed by atoms with Gasteiger partial charge in [-0.25, -0.2) is 22.8 Å². The lowest BCUT2D eigenvalue weighted by Gasteiger charge is -2.32. The molecule has 0 aliphatic carbocycles. The van der Waals surface area contributed by atoms with Crippen molar-refractivity contribution in [1.29, 1.82) is 0 Å². The SMILES string of the molecule is C=C(C)C(=O)OCCNC(=O)OCCOC(=O)C(C)(C)CC.C=C(C)C(=O)OCC[NH3+].CCC(C)(C)C(=O)NC(C)(C)CS(=O)(=O)O.CCC(C)(C)C(=O)NC(C)(C)CS(=O)(=O)[O-].CCC(C)(C)C(=O)OCCO.